The second-order valence-electron chi connectivity index (χ2n) is 7.96. The van der Waals surface area contributed by atoms with Gasteiger partial charge in [-0.3, -0.25) is 0 Å². The predicted molar refractivity (Wildman–Crippen MR) is 108 cm³/mol. The zero-order chi connectivity index (χ0) is 18.4. The minimum absolute atomic E-state index is 0.500. The highest BCUT2D eigenvalue weighted by Crippen LogP contribution is 2.43. The summed E-state index contributed by atoms with van der Waals surface area (Å²) in [6, 6.07) is 8.85. The molecule has 0 spiro atoms. The Kier molecular flexibility index (Phi) is 4.10. The van der Waals surface area contributed by atoms with Crippen molar-refractivity contribution in [1.82, 2.24) is 19.4 Å². The molecule has 5 rings (SSSR count). The highest BCUT2D eigenvalue weighted by atomic mass is 15.2. The molecule has 0 atom stereocenters. The van der Waals surface area contributed by atoms with Crippen molar-refractivity contribution >= 4 is 16.9 Å². The second-order valence-corrected chi connectivity index (χ2v) is 7.96. The summed E-state index contributed by atoms with van der Waals surface area (Å²) in [6.45, 7) is 4.33. The van der Waals surface area contributed by atoms with Crippen LogP contribution in [-0.2, 0) is 6.54 Å². The van der Waals surface area contributed by atoms with Crippen molar-refractivity contribution in [3.63, 3.8) is 0 Å². The van der Waals surface area contributed by atoms with Gasteiger partial charge in [-0.1, -0.05) is 18.2 Å². The van der Waals surface area contributed by atoms with Crippen LogP contribution in [0.5, 0.6) is 0 Å². The lowest BCUT2D eigenvalue weighted by atomic mass is 9.79. The van der Waals surface area contributed by atoms with Crippen molar-refractivity contribution < 1.29 is 0 Å². The van der Waals surface area contributed by atoms with Gasteiger partial charge in [0.2, 0.25) is 0 Å². The number of fused-ring (bicyclic) bond motifs is 1. The molecule has 0 amide bonds. The lowest BCUT2D eigenvalue weighted by Gasteiger charge is -2.42. The zero-order valence-electron chi connectivity index (χ0n) is 15.5. The Morgan fingerprint density at radius 2 is 2.00 bits per heavy atom. The van der Waals surface area contributed by atoms with E-state index in [9.17, 15) is 0 Å². The summed E-state index contributed by atoms with van der Waals surface area (Å²) in [5, 5.41) is 0.956. The van der Waals surface area contributed by atoms with E-state index in [1.165, 1.54) is 38.9 Å². The van der Waals surface area contributed by atoms with E-state index in [4.69, 9.17) is 11.5 Å². The van der Waals surface area contributed by atoms with E-state index in [2.05, 4.69) is 43.8 Å². The Labute approximate surface area is 159 Å². The summed E-state index contributed by atoms with van der Waals surface area (Å²) < 4.78 is 2.32. The van der Waals surface area contributed by atoms with E-state index >= 15 is 0 Å². The maximum atomic E-state index is 6.26. The standard InChI is InChI=1S/C21H26N6/c22-10-14-3-1-4-16(7-14)18-12-27(21-19(18)20(23)24-13-25-21)17-8-15(9-17)11-26-5-2-6-26/h1,3-4,7,12-13,15,17H,2,5-6,8-11,22H2,(H2,23,24,25)/t15-,17+. The number of rotatable bonds is 5. The van der Waals surface area contributed by atoms with Crippen LogP contribution in [0.15, 0.2) is 36.8 Å². The number of hydrogen-bond acceptors (Lipinski definition) is 5. The van der Waals surface area contributed by atoms with Crippen LogP contribution >= 0.6 is 0 Å². The van der Waals surface area contributed by atoms with Crippen molar-refractivity contribution in [2.24, 2.45) is 11.7 Å². The number of nitrogen functional groups attached to an aromatic ring is 1. The van der Waals surface area contributed by atoms with E-state index in [0.717, 1.165) is 33.6 Å². The lowest BCUT2D eigenvalue weighted by Crippen LogP contribution is -2.43. The smallest absolute Gasteiger partial charge is 0.146 e. The van der Waals surface area contributed by atoms with Gasteiger partial charge in [0.15, 0.2) is 0 Å². The third-order valence-electron chi connectivity index (χ3n) is 6.18. The van der Waals surface area contributed by atoms with Gasteiger partial charge in [0, 0.05) is 30.9 Å². The third kappa shape index (κ3) is 2.89. The van der Waals surface area contributed by atoms with Crippen LogP contribution in [0.4, 0.5) is 5.82 Å². The van der Waals surface area contributed by atoms with E-state index in [1.54, 1.807) is 6.33 Å². The zero-order valence-corrected chi connectivity index (χ0v) is 15.5. The molecule has 4 N–H and O–H groups in total. The molecule has 2 aliphatic rings. The fourth-order valence-corrected chi connectivity index (χ4v) is 4.48. The summed E-state index contributed by atoms with van der Waals surface area (Å²) in [5.41, 5.74) is 16.4. The van der Waals surface area contributed by atoms with Gasteiger partial charge < -0.3 is 20.9 Å². The molecule has 3 aromatic rings. The minimum Gasteiger partial charge on any atom is -0.383 e. The van der Waals surface area contributed by atoms with Crippen molar-refractivity contribution in [3.05, 3.63) is 42.4 Å². The maximum absolute atomic E-state index is 6.26. The third-order valence-corrected chi connectivity index (χ3v) is 6.18. The molecule has 6 heteroatoms. The molecule has 3 heterocycles. The first kappa shape index (κ1) is 16.7. The Balaban J connectivity index is 1.49. The molecule has 2 fully saturated rings. The first-order valence-electron chi connectivity index (χ1n) is 9.85. The van der Waals surface area contributed by atoms with Crippen molar-refractivity contribution in [1.29, 1.82) is 0 Å². The molecule has 140 valence electrons. The summed E-state index contributed by atoms with van der Waals surface area (Å²) in [7, 11) is 0. The SMILES string of the molecule is NCc1cccc(-c2cn([C@H]3C[C@@H](CN4CCC4)C3)c3ncnc(N)c23)c1. The highest BCUT2D eigenvalue weighted by Gasteiger charge is 2.34. The molecule has 1 aliphatic heterocycles. The maximum Gasteiger partial charge on any atom is 0.146 e. The van der Waals surface area contributed by atoms with Gasteiger partial charge in [0.05, 0.1) is 5.39 Å². The molecule has 27 heavy (non-hydrogen) atoms. The van der Waals surface area contributed by atoms with Crippen LogP contribution < -0.4 is 11.5 Å². The van der Waals surface area contributed by atoms with Crippen molar-refractivity contribution in [2.75, 3.05) is 25.4 Å². The van der Waals surface area contributed by atoms with Crippen LogP contribution in [0.2, 0.25) is 0 Å². The van der Waals surface area contributed by atoms with Gasteiger partial charge in [-0.2, -0.15) is 0 Å². The number of hydrogen-bond donors (Lipinski definition) is 2. The van der Waals surface area contributed by atoms with Crippen LogP contribution in [0, 0.1) is 5.92 Å². The molecule has 1 aliphatic carbocycles. The molecule has 0 bridgehead atoms. The Morgan fingerprint density at radius 1 is 1.15 bits per heavy atom. The summed E-state index contributed by atoms with van der Waals surface area (Å²) in [5.74, 6) is 1.35. The van der Waals surface area contributed by atoms with Crippen LogP contribution in [0.25, 0.3) is 22.2 Å². The average Bonchev–Trinajstić information content (AvgIpc) is 3.00. The average molecular weight is 362 g/mol. The number of benzene rings is 1. The predicted octanol–water partition coefficient (Wildman–Crippen LogP) is 2.80. The minimum atomic E-state index is 0.500. The molecule has 1 saturated heterocycles. The topological polar surface area (TPSA) is 86.0 Å². The number of likely N-dealkylation sites (tertiary alicyclic amines) is 1. The first-order chi connectivity index (χ1) is 13.2. The Morgan fingerprint density at radius 3 is 2.74 bits per heavy atom. The van der Waals surface area contributed by atoms with Crippen LogP contribution in [-0.4, -0.2) is 39.1 Å². The number of nitrogens with two attached hydrogens (primary N) is 2. The van der Waals surface area contributed by atoms with Crippen LogP contribution in [0.3, 0.4) is 0 Å². The molecule has 0 radical (unpaired) electrons. The van der Waals surface area contributed by atoms with Gasteiger partial charge in [-0.25, -0.2) is 9.97 Å². The van der Waals surface area contributed by atoms with Gasteiger partial charge in [-0.05, 0) is 55.5 Å². The van der Waals surface area contributed by atoms with E-state index < -0.39 is 0 Å². The fourth-order valence-electron chi connectivity index (χ4n) is 4.48. The molecule has 2 aromatic heterocycles. The quantitative estimate of drug-likeness (QED) is 0.729. The van der Waals surface area contributed by atoms with Gasteiger partial charge in [0.1, 0.15) is 17.8 Å². The number of aromatic nitrogens is 3. The Hall–Kier alpha value is -2.44. The van der Waals surface area contributed by atoms with Crippen LogP contribution in [0.1, 0.15) is 30.9 Å². The van der Waals surface area contributed by atoms with Gasteiger partial charge in [0.25, 0.3) is 0 Å². The van der Waals surface area contributed by atoms with Crippen molar-refractivity contribution in [3.8, 4) is 11.1 Å². The largest absolute Gasteiger partial charge is 0.383 e. The number of anilines is 1. The molecular weight excluding hydrogens is 336 g/mol. The number of nitrogens with zero attached hydrogens (tertiary/aromatic N) is 4. The molecule has 6 nitrogen and oxygen atoms in total. The summed E-state index contributed by atoms with van der Waals surface area (Å²) in [6.07, 6.45) is 7.58. The molecular formula is C21H26N6. The van der Waals surface area contributed by atoms with E-state index in [1.807, 2.05) is 6.07 Å². The summed E-state index contributed by atoms with van der Waals surface area (Å²) >= 11 is 0. The highest BCUT2D eigenvalue weighted by molar-refractivity contribution is 6.00. The van der Waals surface area contributed by atoms with E-state index in [0.29, 0.717) is 18.4 Å². The lowest BCUT2D eigenvalue weighted by molar-refractivity contribution is 0.0921. The van der Waals surface area contributed by atoms with E-state index in [-0.39, 0.29) is 0 Å². The fraction of sp³-hybridized carbons (Fsp3) is 0.429. The Bertz CT molecular complexity index is 968. The van der Waals surface area contributed by atoms with Gasteiger partial charge >= 0.3 is 0 Å². The molecule has 1 saturated carbocycles. The monoisotopic (exact) mass is 362 g/mol. The molecule has 0 unspecified atom stereocenters. The first-order valence-corrected chi connectivity index (χ1v) is 9.85. The summed E-state index contributed by atoms with van der Waals surface area (Å²) in [4.78, 5) is 11.4. The van der Waals surface area contributed by atoms with Crippen molar-refractivity contribution in [2.45, 2.75) is 31.8 Å². The molecule has 1 aromatic carbocycles. The normalized spacial score (nSPS) is 22.6. The van der Waals surface area contributed by atoms with Gasteiger partial charge in [-0.15, -0.1) is 0 Å². The second kappa shape index (κ2) is 6.62.